The molecule has 0 spiro atoms. The molecule has 1 amide bonds. The fraction of sp³-hybridized carbons (Fsp3) is 0.780. The monoisotopic (exact) mass is 974 g/mol. The summed E-state index contributed by atoms with van der Waals surface area (Å²) in [6, 6.07) is -0.879. The number of rotatable bonds is 51. The lowest BCUT2D eigenvalue weighted by atomic mass is 10.0. The molecule has 0 aliphatic heterocycles. The Labute approximate surface area is 421 Å². The van der Waals surface area contributed by atoms with Crippen molar-refractivity contribution in [3.63, 3.8) is 0 Å². The lowest BCUT2D eigenvalue weighted by Crippen LogP contribution is -2.45. The molecule has 0 aliphatic rings. The molecule has 9 heteroatoms. The number of aliphatic hydroxyl groups excluding tert-OH is 1. The van der Waals surface area contributed by atoms with E-state index in [0.29, 0.717) is 17.4 Å². The first-order valence-corrected chi connectivity index (χ1v) is 29.8. The number of allylic oxidation sites excluding steroid dienone is 11. The van der Waals surface area contributed by atoms with Gasteiger partial charge in [-0.15, -0.1) is 0 Å². The van der Waals surface area contributed by atoms with Crippen LogP contribution >= 0.6 is 7.82 Å². The molecule has 3 atom stereocenters. The van der Waals surface area contributed by atoms with Crippen molar-refractivity contribution in [1.82, 2.24) is 5.32 Å². The van der Waals surface area contributed by atoms with Gasteiger partial charge in [-0.1, -0.05) is 234 Å². The van der Waals surface area contributed by atoms with Crippen LogP contribution in [0.5, 0.6) is 0 Å². The third-order valence-corrected chi connectivity index (χ3v) is 13.4. The van der Waals surface area contributed by atoms with Gasteiger partial charge in [-0.05, 0) is 77.0 Å². The molecule has 3 unspecified atom stereocenters. The first kappa shape index (κ1) is 65.9. The van der Waals surface area contributed by atoms with Crippen molar-refractivity contribution in [2.45, 2.75) is 257 Å². The summed E-state index contributed by atoms with van der Waals surface area (Å²) in [4.78, 5) is 23.2. The van der Waals surface area contributed by atoms with Gasteiger partial charge >= 0.3 is 7.82 Å². The first-order chi connectivity index (χ1) is 33.0. The zero-order valence-electron chi connectivity index (χ0n) is 45.1. The van der Waals surface area contributed by atoms with E-state index in [1.807, 2.05) is 27.2 Å². The SMILES string of the molecule is CC/C=C\C/C=C\C/C=C\CCCCCCCCCC(=O)NC(COP(=O)(O)OCC[N+](C)(C)C)C(O)/C=C/CC/C=C/CC/C=C/CCCCCCCCCCCCCCCCCCCCC. The van der Waals surface area contributed by atoms with Crippen LogP contribution in [-0.4, -0.2) is 73.4 Å². The molecular weight excluding hydrogens is 864 g/mol. The van der Waals surface area contributed by atoms with E-state index in [4.69, 9.17) is 9.05 Å². The second-order valence-corrected chi connectivity index (χ2v) is 21.7. The number of hydrogen-bond donors (Lipinski definition) is 3. The number of phosphoric ester groups is 1. The number of quaternary nitrogens is 1. The summed E-state index contributed by atoms with van der Waals surface area (Å²) in [5.74, 6) is -0.202. The van der Waals surface area contributed by atoms with Crippen LogP contribution in [0.15, 0.2) is 72.9 Å². The summed E-state index contributed by atoms with van der Waals surface area (Å²) in [5.41, 5.74) is 0. The number of phosphoric acid groups is 1. The Bertz CT molecular complexity index is 1330. The maximum absolute atomic E-state index is 12.9. The molecular formula is C59H110N2O6P+. The van der Waals surface area contributed by atoms with Crippen LogP contribution in [0.3, 0.4) is 0 Å². The van der Waals surface area contributed by atoms with Crippen LogP contribution in [0.4, 0.5) is 0 Å². The molecule has 68 heavy (non-hydrogen) atoms. The molecule has 8 nitrogen and oxygen atoms in total. The third kappa shape index (κ3) is 51.8. The van der Waals surface area contributed by atoms with Crippen molar-refractivity contribution in [1.29, 1.82) is 0 Å². The maximum atomic E-state index is 12.9. The van der Waals surface area contributed by atoms with E-state index in [9.17, 15) is 19.4 Å². The highest BCUT2D eigenvalue weighted by molar-refractivity contribution is 7.47. The van der Waals surface area contributed by atoms with Crippen LogP contribution in [-0.2, 0) is 18.4 Å². The second kappa shape index (κ2) is 49.9. The summed E-state index contributed by atoms with van der Waals surface area (Å²) in [7, 11) is 1.53. The molecule has 0 fully saturated rings. The molecule has 3 N–H and O–H groups in total. The molecule has 0 aromatic heterocycles. The van der Waals surface area contributed by atoms with Crippen molar-refractivity contribution >= 4 is 13.7 Å². The largest absolute Gasteiger partial charge is 0.472 e. The normalized spacial score (nSPS) is 14.5. The zero-order valence-corrected chi connectivity index (χ0v) is 46.0. The molecule has 0 aliphatic carbocycles. The highest BCUT2D eigenvalue weighted by Gasteiger charge is 2.27. The predicted molar refractivity (Wildman–Crippen MR) is 295 cm³/mol. The Morgan fingerprint density at radius 1 is 0.515 bits per heavy atom. The topological polar surface area (TPSA) is 105 Å². The van der Waals surface area contributed by atoms with Crippen molar-refractivity contribution < 1.29 is 32.9 Å². The fourth-order valence-corrected chi connectivity index (χ4v) is 8.71. The van der Waals surface area contributed by atoms with Gasteiger partial charge in [0.25, 0.3) is 0 Å². The van der Waals surface area contributed by atoms with Gasteiger partial charge in [-0.3, -0.25) is 13.8 Å². The van der Waals surface area contributed by atoms with Gasteiger partial charge in [0.15, 0.2) is 0 Å². The number of amides is 1. The first-order valence-electron chi connectivity index (χ1n) is 28.3. The standard InChI is InChI=1S/C59H109N2O6P/c1-6-8-10-12-14-16-18-20-22-24-25-26-27-28-29-30-31-32-33-34-35-37-38-40-42-44-46-48-50-52-58(62)57(56-67-68(64,65)66-55-54-61(3,4)5)60-59(63)53-51-49-47-45-43-41-39-36-23-21-19-17-15-13-11-9-7-2/h9,11,15,17,21,23,35,37,42,44,50,52,57-58,62H,6-8,10,12-14,16,18-20,22,24-34,36,38-41,43,45-49,51,53-56H2,1-5H3,(H-,60,63,64,65)/p+1/b11-9-,17-15-,23-21-,37-35+,44-42+,52-50+. The minimum absolute atomic E-state index is 0.0483. The Hall–Kier alpha value is -2.06. The summed E-state index contributed by atoms with van der Waals surface area (Å²) < 4.78 is 23.6. The number of likely N-dealkylation sites (N-methyl/N-ethyl adjacent to an activating group) is 1. The van der Waals surface area contributed by atoms with Gasteiger partial charge < -0.3 is 19.8 Å². The number of carbonyl (C=O) groups excluding carboxylic acids is 1. The van der Waals surface area contributed by atoms with Crippen molar-refractivity contribution in [2.24, 2.45) is 0 Å². The Morgan fingerprint density at radius 3 is 1.35 bits per heavy atom. The fourth-order valence-electron chi connectivity index (χ4n) is 7.97. The lowest BCUT2D eigenvalue weighted by molar-refractivity contribution is -0.870. The molecule has 0 bridgehead atoms. The Balaban J connectivity index is 4.27. The van der Waals surface area contributed by atoms with Gasteiger partial charge in [0.1, 0.15) is 13.2 Å². The average Bonchev–Trinajstić information content (AvgIpc) is 3.30. The number of carbonyl (C=O) groups is 1. The van der Waals surface area contributed by atoms with Crippen molar-refractivity contribution in [3.8, 4) is 0 Å². The molecule has 0 aromatic carbocycles. The van der Waals surface area contributed by atoms with E-state index >= 15 is 0 Å². The quantitative estimate of drug-likeness (QED) is 0.0243. The van der Waals surface area contributed by atoms with Gasteiger partial charge in [-0.2, -0.15) is 0 Å². The minimum atomic E-state index is -4.36. The molecule has 0 radical (unpaired) electrons. The van der Waals surface area contributed by atoms with E-state index in [0.717, 1.165) is 77.0 Å². The van der Waals surface area contributed by atoms with E-state index in [-0.39, 0.29) is 19.1 Å². The van der Waals surface area contributed by atoms with Crippen LogP contribution in [0.2, 0.25) is 0 Å². The van der Waals surface area contributed by atoms with Crippen LogP contribution in [0.1, 0.15) is 245 Å². The average molecular weight is 975 g/mol. The maximum Gasteiger partial charge on any atom is 0.472 e. The molecule has 0 rings (SSSR count). The molecule has 0 heterocycles. The van der Waals surface area contributed by atoms with Crippen molar-refractivity contribution in [3.05, 3.63) is 72.9 Å². The number of aliphatic hydroxyl groups is 1. The van der Waals surface area contributed by atoms with Gasteiger partial charge in [0, 0.05) is 6.42 Å². The molecule has 0 saturated carbocycles. The molecule has 396 valence electrons. The minimum Gasteiger partial charge on any atom is -0.387 e. The van der Waals surface area contributed by atoms with E-state index in [1.165, 1.54) is 148 Å². The summed E-state index contributed by atoms with van der Waals surface area (Å²) in [6.07, 6.45) is 68.7. The zero-order chi connectivity index (χ0) is 49.9. The van der Waals surface area contributed by atoms with Crippen molar-refractivity contribution in [2.75, 3.05) is 40.9 Å². The van der Waals surface area contributed by atoms with Gasteiger partial charge in [0.05, 0.1) is 39.9 Å². The van der Waals surface area contributed by atoms with Crippen LogP contribution in [0.25, 0.3) is 0 Å². The number of unbranched alkanes of at least 4 members (excludes halogenated alkanes) is 28. The van der Waals surface area contributed by atoms with E-state index < -0.39 is 20.0 Å². The molecule has 0 aromatic rings. The van der Waals surface area contributed by atoms with E-state index in [2.05, 4.69) is 79.9 Å². The Morgan fingerprint density at radius 2 is 0.897 bits per heavy atom. The van der Waals surface area contributed by atoms with Crippen LogP contribution < -0.4 is 5.32 Å². The number of nitrogens with one attached hydrogen (secondary N) is 1. The second-order valence-electron chi connectivity index (χ2n) is 20.3. The summed E-state index contributed by atoms with van der Waals surface area (Å²) in [5, 5.41) is 13.9. The smallest absolute Gasteiger partial charge is 0.387 e. The van der Waals surface area contributed by atoms with Gasteiger partial charge in [-0.25, -0.2) is 4.57 Å². The lowest BCUT2D eigenvalue weighted by Gasteiger charge is -2.25. The summed E-state index contributed by atoms with van der Waals surface area (Å²) in [6.45, 7) is 4.68. The highest BCUT2D eigenvalue weighted by atomic mass is 31.2. The third-order valence-electron chi connectivity index (χ3n) is 12.4. The van der Waals surface area contributed by atoms with Gasteiger partial charge in [0.2, 0.25) is 5.91 Å². The molecule has 0 saturated heterocycles. The predicted octanol–water partition coefficient (Wildman–Crippen LogP) is 17.1. The summed E-state index contributed by atoms with van der Waals surface area (Å²) >= 11 is 0. The number of nitrogens with zero attached hydrogens (tertiary/aromatic N) is 1. The van der Waals surface area contributed by atoms with E-state index in [1.54, 1.807) is 6.08 Å². The highest BCUT2D eigenvalue weighted by Crippen LogP contribution is 2.43. The van der Waals surface area contributed by atoms with Crippen LogP contribution in [0, 0.1) is 0 Å². The Kier molecular flexibility index (Phi) is 48.4. The number of hydrogen-bond acceptors (Lipinski definition) is 5.